The monoisotopic (exact) mass is 539 g/mol. The van der Waals surface area contributed by atoms with Gasteiger partial charge in [-0.3, -0.25) is 14.5 Å². The van der Waals surface area contributed by atoms with Gasteiger partial charge in [-0.25, -0.2) is 9.83 Å². The number of aryl methyl sites for hydroxylation is 2. The molecule has 4 aromatic rings. The number of aliphatic hydroxyl groups is 1. The number of amides is 1. The fourth-order valence-electron chi connectivity index (χ4n) is 5.34. The van der Waals surface area contributed by atoms with Crippen molar-refractivity contribution in [3.8, 4) is 16.9 Å². The lowest BCUT2D eigenvalue weighted by molar-refractivity contribution is 0.0669. The minimum atomic E-state index is -0.309. The van der Waals surface area contributed by atoms with Gasteiger partial charge in [-0.2, -0.15) is 5.10 Å². The molecule has 1 aromatic carbocycles. The van der Waals surface area contributed by atoms with Crippen LogP contribution in [0.5, 0.6) is 5.75 Å². The molecule has 0 saturated heterocycles. The number of carbonyl (C=O) groups is 1. The summed E-state index contributed by atoms with van der Waals surface area (Å²) < 4.78 is 9.47. The third-order valence-corrected chi connectivity index (χ3v) is 7.43. The van der Waals surface area contributed by atoms with Gasteiger partial charge in [0.05, 0.1) is 43.8 Å². The first kappa shape index (κ1) is 27.1. The van der Waals surface area contributed by atoms with E-state index in [4.69, 9.17) is 11.3 Å². The molecule has 0 bridgehead atoms. The van der Waals surface area contributed by atoms with Crippen LogP contribution < -0.4 is 4.74 Å². The number of benzene rings is 1. The summed E-state index contributed by atoms with van der Waals surface area (Å²) in [5.74, 6) is 1.32. The summed E-state index contributed by atoms with van der Waals surface area (Å²) in [5.41, 5.74) is 6.49. The van der Waals surface area contributed by atoms with Crippen LogP contribution >= 0.6 is 0 Å². The zero-order chi connectivity index (χ0) is 28.4. The van der Waals surface area contributed by atoms with Crippen molar-refractivity contribution in [1.82, 2.24) is 29.2 Å². The Morgan fingerprint density at radius 1 is 1.18 bits per heavy atom. The van der Waals surface area contributed by atoms with E-state index in [1.54, 1.807) is 16.9 Å². The number of aromatic nitrogens is 5. The summed E-state index contributed by atoms with van der Waals surface area (Å²) in [7, 11) is 0. The standard InChI is InChI=1S/C30H33N7O3/c1-6-40-29-15-27(33-16-28(29)31-5)20(3)37-9-7-23-24(26-18-36(11-12-38)34-19(26)2)13-22(14-25(23)30(37)39)17-35-10-8-32-21(35)4/h8,10,13-16,18,20,38H,6-7,9,11-12,17H2,1-4H3/t20-/m0/s1. The van der Waals surface area contributed by atoms with E-state index < -0.39 is 0 Å². The van der Waals surface area contributed by atoms with Gasteiger partial charge in [0.2, 0.25) is 5.69 Å². The highest BCUT2D eigenvalue weighted by Crippen LogP contribution is 2.37. The van der Waals surface area contributed by atoms with Crippen molar-refractivity contribution in [2.24, 2.45) is 0 Å². The van der Waals surface area contributed by atoms with E-state index in [-0.39, 0.29) is 18.6 Å². The van der Waals surface area contributed by atoms with E-state index in [0.717, 1.165) is 33.8 Å². The number of carbonyl (C=O) groups excluding carboxylic acids is 1. The Morgan fingerprint density at radius 2 is 1.98 bits per heavy atom. The van der Waals surface area contributed by atoms with Crippen LogP contribution in [0.3, 0.4) is 0 Å². The highest BCUT2D eigenvalue weighted by molar-refractivity contribution is 5.99. The van der Waals surface area contributed by atoms with E-state index in [2.05, 4.69) is 30.5 Å². The Labute approximate surface area is 233 Å². The SMILES string of the molecule is [C-]#[N+]c1cnc([C@H](C)N2CCc3c(cc(Cn4ccnc4C)cc3-c3cn(CCO)nc3C)C2=O)cc1OCC. The van der Waals surface area contributed by atoms with Crippen LogP contribution in [-0.2, 0) is 19.5 Å². The lowest BCUT2D eigenvalue weighted by Crippen LogP contribution is -2.40. The van der Waals surface area contributed by atoms with E-state index in [1.807, 2.05) is 51.1 Å². The maximum atomic E-state index is 14.1. The lowest BCUT2D eigenvalue weighted by atomic mass is 9.87. The summed E-state index contributed by atoms with van der Waals surface area (Å²) >= 11 is 0. The van der Waals surface area contributed by atoms with Gasteiger partial charge in [0.25, 0.3) is 5.91 Å². The van der Waals surface area contributed by atoms with Crippen molar-refractivity contribution in [2.75, 3.05) is 19.8 Å². The molecule has 10 nitrogen and oxygen atoms in total. The van der Waals surface area contributed by atoms with E-state index in [1.165, 1.54) is 6.20 Å². The fraction of sp³-hybridized carbons (Fsp3) is 0.367. The van der Waals surface area contributed by atoms with Crippen molar-refractivity contribution < 1.29 is 14.6 Å². The molecule has 0 spiro atoms. The normalized spacial score (nSPS) is 13.7. The van der Waals surface area contributed by atoms with E-state index in [9.17, 15) is 9.90 Å². The molecule has 0 saturated carbocycles. The molecule has 1 aliphatic rings. The molecule has 0 fully saturated rings. The number of aliphatic hydroxyl groups excluding tert-OH is 1. The molecule has 1 aliphatic heterocycles. The number of rotatable bonds is 9. The molecule has 4 heterocycles. The zero-order valence-electron chi connectivity index (χ0n) is 23.3. The molecule has 40 heavy (non-hydrogen) atoms. The van der Waals surface area contributed by atoms with Crippen LogP contribution in [0.1, 0.15) is 58.6 Å². The van der Waals surface area contributed by atoms with Gasteiger partial charge in [-0.1, -0.05) is 0 Å². The summed E-state index contributed by atoms with van der Waals surface area (Å²) in [6, 6.07) is 5.61. The second-order valence-corrected chi connectivity index (χ2v) is 9.93. The smallest absolute Gasteiger partial charge is 0.254 e. The van der Waals surface area contributed by atoms with Gasteiger partial charge >= 0.3 is 0 Å². The summed E-state index contributed by atoms with van der Waals surface area (Å²) in [5, 5.41) is 14.0. The molecule has 5 rings (SSSR count). The van der Waals surface area contributed by atoms with E-state index in [0.29, 0.717) is 55.4 Å². The molecule has 0 unspecified atom stereocenters. The second kappa shape index (κ2) is 11.3. The molecular formula is C30H33N7O3. The quantitative estimate of drug-likeness (QED) is 0.314. The molecule has 1 N–H and O–H groups in total. The number of pyridine rings is 1. The Kier molecular flexibility index (Phi) is 7.67. The van der Waals surface area contributed by atoms with E-state index >= 15 is 0 Å². The largest absolute Gasteiger partial charge is 0.505 e. The average Bonchev–Trinajstić information content (AvgIpc) is 3.52. The molecule has 206 valence electrons. The van der Waals surface area contributed by atoms with Crippen molar-refractivity contribution in [2.45, 2.75) is 53.2 Å². The third kappa shape index (κ3) is 5.08. The summed E-state index contributed by atoms with van der Waals surface area (Å²) in [6.07, 6.45) is 7.85. The van der Waals surface area contributed by atoms with Crippen LogP contribution in [-0.4, -0.2) is 60.0 Å². The molecule has 1 amide bonds. The van der Waals surface area contributed by atoms with Crippen molar-refractivity contribution in [3.63, 3.8) is 0 Å². The average molecular weight is 540 g/mol. The minimum absolute atomic E-state index is 0.000140. The maximum absolute atomic E-state index is 14.1. The highest BCUT2D eigenvalue weighted by Gasteiger charge is 2.32. The van der Waals surface area contributed by atoms with Gasteiger partial charge in [0.15, 0.2) is 0 Å². The summed E-state index contributed by atoms with van der Waals surface area (Å²) in [6.45, 7) is 17.1. The van der Waals surface area contributed by atoms with Gasteiger partial charge in [0, 0.05) is 49.0 Å². The fourth-order valence-corrected chi connectivity index (χ4v) is 5.34. The van der Waals surface area contributed by atoms with Crippen molar-refractivity contribution in [1.29, 1.82) is 0 Å². The van der Waals surface area contributed by atoms with Crippen LogP contribution in [0.15, 0.2) is 43.0 Å². The molecular weight excluding hydrogens is 506 g/mol. The number of fused-ring (bicyclic) bond motifs is 1. The van der Waals surface area contributed by atoms with Crippen molar-refractivity contribution in [3.05, 3.63) is 88.3 Å². The van der Waals surface area contributed by atoms with Crippen LogP contribution in [0, 0.1) is 20.4 Å². The molecule has 10 heteroatoms. The lowest BCUT2D eigenvalue weighted by Gasteiger charge is -2.34. The first-order chi connectivity index (χ1) is 19.3. The van der Waals surface area contributed by atoms with Gasteiger partial charge in [-0.15, -0.1) is 0 Å². The predicted octanol–water partition coefficient (Wildman–Crippen LogP) is 4.51. The number of ether oxygens (including phenoxy) is 1. The van der Waals surface area contributed by atoms with Crippen LogP contribution in [0.2, 0.25) is 0 Å². The Hall–Kier alpha value is -4.49. The topological polar surface area (TPSA) is 103 Å². The first-order valence-electron chi connectivity index (χ1n) is 13.4. The highest BCUT2D eigenvalue weighted by atomic mass is 16.5. The minimum Gasteiger partial charge on any atom is -0.505 e. The Balaban J connectivity index is 1.56. The molecule has 3 aromatic heterocycles. The van der Waals surface area contributed by atoms with Crippen LogP contribution in [0.4, 0.5) is 5.69 Å². The summed E-state index contributed by atoms with van der Waals surface area (Å²) in [4.78, 5) is 28.3. The van der Waals surface area contributed by atoms with Gasteiger partial charge in [0.1, 0.15) is 11.6 Å². The molecule has 1 atom stereocenters. The third-order valence-electron chi connectivity index (χ3n) is 7.43. The number of hydrogen-bond donors (Lipinski definition) is 1. The molecule has 0 aliphatic carbocycles. The van der Waals surface area contributed by atoms with Gasteiger partial charge in [-0.05, 0) is 69.0 Å². The number of hydrogen-bond acceptors (Lipinski definition) is 6. The number of nitrogens with zero attached hydrogens (tertiary/aromatic N) is 7. The molecule has 0 radical (unpaired) electrons. The predicted molar refractivity (Wildman–Crippen MR) is 150 cm³/mol. The van der Waals surface area contributed by atoms with Crippen molar-refractivity contribution >= 4 is 11.6 Å². The Bertz CT molecular complexity index is 1600. The van der Waals surface area contributed by atoms with Gasteiger partial charge < -0.3 is 19.3 Å². The van der Waals surface area contributed by atoms with Crippen LogP contribution in [0.25, 0.3) is 16.0 Å². The maximum Gasteiger partial charge on any atom is 0.254 e. The Morgan fingerprint density at radius 3 is 2.67 bits per heavy atom. The second-order valence-electron chi connectivity index (χ2n) is 9.93. The number of imidazole rings is 1. The zero-order valence-corrected chi connectivity index (χ0v) is 23.3. The first-order valence-corrected chi connectivity index (χ1v) is 13.4.